The van der Waals surface area contributed by atoms with Gasteiger partial charge in [-0.1, -0.05) is 18.2 Å². The lowest BCUT2D eigenvalue weighted by Crippen LogP contribution is -2.29. The topological polar surface area (TPSA) is 53.6 Å². The first-order valence-electron chi connectivity index (χ1n) is 4.25. The summed E-state index contributed by atoms with van der Waals surface area (Å²) in [5.74, 6) is -4.54. The first-order chi connectivity index (χ1) is 7.01. The van der Waals surface area contributed by atoms with Crippen LogP contribution in [0.15, 0.2) is 34.7 Å². The zero-order chi connectivity index (χ0) is 11.1. The van der Waals surface area contributed by atoms with E-state index in [1.54, 1.807) is 18.2 Å². The molecule has 0 unspecified atom stereocenters. The summed E-state index contributed by atoms with van der Waals surface area (Å²) >= 11 is 0. The Hall–Kier alpha value is -1.46. The van der Waals surface area contributed by atoms with Crippen LogP contribution in [0.1, 0.15) is 5.76 Å². The highest BCUT2D eigenvalue weighted by atomic mass is 19.3. The number of aliphatic hydroxyl groups is 2. The van der Waals surface area contributed by atoms with Gasteiger partial charge in [0.2, 0.25) is 6.29 Å². The van der Waals surface area contributed by atoms with Crippen molar-refractivity contribution in [1.29, 1.82) is 0 Å². The largest absolute Gasteiger partial charge is 0.454 e. The molecule has 0 aliphatic rings. The van der Waals surface area contributed by atoms with Gasteiger partial charge in [-0.3, -0.25) is 0 Å². The summed E-state index contributed by atoms with van der Waals surface area (Å²) < 4.78 is 31.1. The molecule has 2 N–H and O–H groups in total. The molecule has 0 spiro atoms. The fourth-order valence-electron chi connectivity index (χ4n) is 1.27. The molecule has 0 saturated heterocycles. The number of rotatable bonds is 2. The predicted octanol–water partition coefficient (Wildman–Crippen LogP) is 1.84. The monoisotopic (exact) mass is 214 g/mol. The molecule has 1 aromatic carbocycles. The third-order valence-corrected chi connectivity index (χ3v) is 2.08. The Morgan fingerprint density at radius 3 is 2.47 bits per heavy atom. The molecule has 0 aliphatic heterocycles. The molecule has 15 heavy (non-hydrogen) atoms. The maximum atomic E-state index is 13.1. The minimum atomic E-state index is -3.79. The van der Waals surface area contributed by atoms with Crippen LogP contribution in [0, 0.1) is 0 Å². The number of para-hydroxylation sites is 1. The van der Waals surface area contributed by atoms with Gasteiger partial charge in [0.05, 0.1) is 0 Å². The quantitative estimate of drug-likeness (QED) is 0.750. The Kier molecular flexibility index (Phi) is 2.21. The van der Waals surface area contributed by atoms with Gasteiger partial charge in [0.15, 0.2) is 5.76 Å². The number of hydrogen-bond acceptors (Lipinski definition) is 3. The lowest BCUT2D eigenvalue weighted by Gasteiger charge is -2.14. The van der Waals surface area contributed by atoms with Crippen LogP contribution in [-0.2, 0) is 5.92 Å². The van der Waals surface area contributed by atoms with Gasteiger partial charge in [0.25, 0.3) is 0 Å². The zero-order valence-corrected chi connectivity index (χ0v) is 7.52. The van der Waals surface area contributed by atoms with E-state index in [1.165, 1.54) is 6.07 Å². The van der Waals surface area contributed by atoms with Crippen molar-refractivity contribution in [1.82, 2.24) is 0 Å². The minimum Gasteiger partial charge on any atom is -0.454 e. The van der Waals surface area contributed by atoms with Crippen molar-refractivity contribution in [3.63, 3.8) is 0 Å². The average molecular weight is 214 g/mol. The zero-order valence-electron chi connectivity index (χ0n) is 7.52. The van der Waals surface area contributed by atoms with Crippen molar-refractivity contribution in [3.05, 3.63) is 36.1 Å². The Bertz CT molecular complexity index is 443. The first-order valence-corrected chi connectivity index (χ1v) is 4.25. The van der Waals surface area contributed by atoms with E-state index in [1.807, 2.05) is 0 Å². The summed E-state index contributed by atoms with van der Waals surface area (Å²) in [6.45, 7) is 0. The van der Waals surface area contributed by atoms with Crippen molar-refractivity contribution in [2.24, 2.45) is 0 Å². The molecule has 0 fully saturated rings. The highest BCUT2D eigenvalue weighted by Crippen LogP contribution is 2.34. The summed E-state index contributed by atoms with van der Waals surface area (Å²) in [5, 5.41) is 17.5. The molecule has 2 rings (SSSR count). The lowest BCUT2D eigenvalue weighted by molar-refractivity contribution is -0.222. The molecule has 2 aromatic rings. The molecule has 0 saturated carbocycles. The van der Waals surface area contributed by atoms with Gasteiger partial charge < -0.3 is 14.6 Å². The van der Waals surface area contributed by atoms with Crippen LogP contribution in [-0.4, -0.2) is 16.5 Å². The summed E-state index contributed by atoms with van der Waals surface area (Å²) in [6, 6.07) is 7.54. The van der Waals surface area contributed by atoms with Gasteiger partial charge in [0.1, 0.15) is 5.58 Å². The van der Waals surface area contributed by atoms with E-state index in [-0.39, 0.29) is 5.58 Å². The van der Waals surface area contributed by atoms with Crippen LogP contribution >= 0.6 is 0 Å². The Labute approximate surface area is 83.6 Å². The van der Waals surface area contributed by atoms with Gasteiger partial charge in [-0.05, 0) is 12.1 Å². The van der Waals surface area contributed by atoms with Crippen molar-refractivity contribution < 1.29 is 23.4 Å². The summed E-state index contributed by atoms with van der Waals surface area (Å²) in [4.78, 5) is 0. The van der Waals surface area contributed by atoms with Crippen LogP contribution in [0.25, 0.3) is 11.0 Å². The Morgan fingerprint density at radius 1 is 1.20 bits per heavy atom. The second-order valence-electron chi connectivity index (χ2n) is 3.15. The second kappa shape index (κ2) is 3.29. The molecular weight excluding hydrogens is 206 g/mol. The Balaban J connectivity index is 2.53. The van der Waals surface area contributed by atoms with E-state index in [2.05, 4.69) is 0 Å². The number of aliphatic hydroxyl groups excluding tert-OH is 1. The van der Waals surface area contributed by atoms with Gasteiger partial charge in [0, 0.05) is 5.39 Å². The standard InChI is InChI=1S/C10H8F2O3/c11-10(12,9(13)14)8-5-6-3-1-2-4-7(6)15-8/h1-5,9,13-14H. The van der Waals surface area contributed by atoms with Crippen LogP contribution in [0.3, 0.4) is 0 Å². The molecule has 0 bridgehead atoms. The van der Waals surface area contributed by atoms with E-state index in [9.17, 15) is 8.78 Å². The molecule has 0 amide bonds. The number of halogens is 2. The fourth-order valence-corrected chi connectivity index (χ4v) is 1.27. The predicted molar refractivity (Wildman–Crippen MR) is 48.3 cm³/mol. The molecule has 0 radical (unpaired) electrons. The summed E-state index contributed by atoms with van der Waals surface area (Å²) in [6.07, 6.45) is -2.77. The van der Waals surface area contributed by atoms with Crippen LogP contribution in [0.2, 0.25) is 0 Å². The smallest absolute Gasteiger partial charge is 0.353 e. The molecule has 5 heteroatoms. The van der Waals surface area contributed by atoms with Crippen LogP contribution < -0.4 is 0 Å². The van der Waals surface area contributed by atoms with Crippen LogP contribution in [0.4, 0.5) is 8.78 Å². The normalized spacial score (nSPS) is 12.6. The first kappa shape index (κ1) is 10.1. The molecule has 0 atom stereocenters. The number of benzene rings is 1. The van der Waals surface area contributed by atoms with E-state index in [0.29, 0.717) is 5.39 Å². The van der Waals surface area contributed by atoms with Crippen molar-refractivity contribution in [3.8, 4) is 0 Å². The lowest BCUT2D eigenvalue weighted by atomic mass is 10.2. The highest BCUT2D eigenvalue weighted by molar-refractivity contribution is 5.77. The average Bonchev–Trinajstić information content (AvgIpc) is 2.61. The van der Waals surface area contributed by atoms with Crippen molar-refractivity contribution in [2.75, 3.05) is 0 Å². The van der Waals surface area contributed by atoms with Crippen molar-refractivity contribution in [2.45, 2.75) is 12.2 Å². The maximum absolute atomic E-state index is 13.1. The fraction of sp³-hybridized carbons (Fsp3) is 0.200. The van der Waals surface area contributed by atoms with E-state index >= 15 is 0 Å². The third kappa shape index (κ3) is 1.60. The number of furan rings is 1. The molecule has 0 aliphatic carbocycles. The molecule has 80 valence electrons. The van der Waals surface area contributed by atoms with Gasteiger partial charge >= 0.3 is 5.92 Å². The highest BCUT2D eigenvalue weighted by Gasteiger charge is 2.43. The Morgan fingerprint density at radius 2 is 1.87 bits per heavy atom. The van der Waals surface area contributed by atoms with E-state index < -0.39 is 18.0 Å². The molecule has 1 heterocycles. The number of hydrogen-bond donors (Lipinski definition) is 2. The van der Waals surface area contributed by atoms with Gasteiger partial charge in [-0.25, -0.2) is 0 Å². The maximum Gasteiger partial charge on any atom is 0.353 e. The van der Waals surface area contributed by atoms with Crippen molar-refractivity contribution >= 4 is 11.0 Å². The SMILES string of the molecule is OC(O)C(F)(F)c1cc2ccccc2o1. The van der Waals surface area contributed by atoms with Gasteiger partial charge in [-0.2, -0.15) is 8.78 Å². The number of fused-ring (bicyclic) bond motifs is 1. The van der Waals surface area contributed by atoms with E-state index in [0.717, 1.165) is 6.07 Å². The third-order valence-electron chi connectivity index (χ3n) is 2.08. The minimum absolute atomic E-state index is 0.285. The summed E-state index contributed by atoms with van der Waals surface area (Å²) in [7, 11) is 0. The molecular formula is C10H8F2O3. The molecule has 1 aromatic heterocycles. The molecule has 3 nitrogen and oxygen atoms in total. The number of alkyl halides is 2. The van der Waals surface area contributed by atoms with E-state index in [4.69, 9.17) is 14.6 Å². The van der Waals surface area contributed by atoms with Gasteiger partial charge in [-0.15, -0.1) is 0 Å². The summed E-state index contributed by atoms with van der Waals surface area (Å²) in [5.41, 5.74) is 0.285. The second-order valence-corrected chi connectivity index (χ2v) is 3.15. The van der Waals surface area contributed by atoms with Crippen LogP contribution in [0.5, 0.6) is 0 Å².